The molecule has 2 heteroatoms. The first kappa shape index (κ1) is 10.7. The molecule has 1 aromatic rings. The lowest BCUT2D eigenvalue weighted by Crippen LogP contribution is -1.95. The molecule has 86 valence electrons. The van der Waals surface area contributed by atoms with Crippen LogP contribution in [-0.2, 0) is 4.74 Å². The molecule has 0 amide bonds. The number of thioether (sulfide) groups is 1. The number of rotatable bonds is 2. The van der Waals surface area contributed by atoms with E-state index in [0.29, 0.717) is 0 Å². The summed E-state index contributed by atoms with van der Waals surface area (Å²) in [5, 5.41) is 0. The molecule has 17 heavy (non-hydrogen) atoms. The zero-order valence-electron chi connectivity index (χ0n) is 9.77. The van der Waals surface area contributed by atoms with Gasteiger partial charge in [0, 0.05) is 10.5 Å². The highest BCUT2D eigenvalue weighted by atomic mass is 32.2. The fraction of sp³-hybridized carbons (Fsp3) is 0.200. The Hall–Kier alpha value is -1.41. The Balaban J connectivity index is 2.19. The summed E-state index contributed by atoms with van der Waals surface area (Å²) >= 11 is 1.86. The summed E-state index contributed by atoms with van der Waals surface area (Å²) in [5.74, 6) is 2.08. The molecule has 0 unspecified atom stereocenters. The van der Waals surface area contributed by atoms with Crippen LogP contribution in [-0.4, -0.2) is 12.4 Å². The fourth-order valence-electron chi connectivity index (χ4n) is 2.24. The number of ether oxygens (including phenoxy) is 1. The molecule has 0 atom stereocenters. The summed E-state index contributed by atoms with van der Waals surface area (Å²) in [6.45, 7) is 2.78. The van der Waals surface area contributed by atoms with Gasteiger partial charge < -0.3 is 4.74 Å². The van der Waals surface area contributed by atoms with Crippen LogP contribution in [0.2, 0.25) is 0 Å². The lowest BCUT2D eigenvalue weighted by Gasteiger charge is -2.10. The molecule has 0 fully saturated rings. The summed E-state index contributed by atoms with van der Waals surface area (Å²) in [5.41, 5.74) is 3.85. The Kier molecular flexibility index (Phi) is 2.81. The van der Waals surface area contributed by atoms with E-state index < -0.39 is 0 Å². The largest absolute Gasteiger partial charge is 0.497 e. The Bertz CT molecular complexity index is 538. The second-order valence-corrected chi connectivity index (χ2v) is 5.01. The van der Waals surface area contributed by atoms with E-state index in [9.17, 15) is 0 Å². The van der Waals surface area contributed by atoms with E-state index in [1.807, 2.05) is 18.7 Å². The van der Waals surface area contributed by atoms with E-state index in [-0.39, 0.29) is 0 Å². The van der Waals surface area contributed by atoms with Gasteiger partial charge in [0.25, 0.3) is 0 Å². The van der Waals surface area contributed by atoms with Gasteiger partial charge in [0.15, 0.2) is 0 Å². The Morgan fingerprint density at radius 3 is 3.06 bits per heavy atom. The maximum Gasteiger partial charge on any atom is 0.115 e. The zero-order valence-corrected chi connectivity index (χ0v) is 10.6. The molecule has 0 bridgehead atoms. The average molecular weight is 242 g/mol. The molecule has 3 rings (SSSR count). The molecule has 0 saturated carbocycles. The summed E-state index contributed by atoms with van der Waals surface area (Å²) in [4.78, 5) is 1.33. The molecular weight excluding hydrogens is 228 g/mol. The maximum atomic E-state index is 5.77. The van der Waals surface area contributed by atoms with E-state index in [4.69, 9.17) is 4.74 Å². The SMILES string of the molecule is CCOC1=C2C(=CC=Cc3ccccc32)SC1. The molecule has 1 nitrogen and oxygen atoms in total. The van der Waals surface area contributed by atoms with Gasteiger partial charge in [0.1, 0.15) is 5.76 Å². The number of hydrogen-bond acceptors (Lipinski definition) is 2. The third-order valence-corrected chi connectivity index (χ3v) is 4.01. The Morgan fingerprint density at radius 2 is 2.18 bits per heavy atom. The monoisotopic (exact) mass is 242 g/mol. The highest BCUT2D eigenvalue weighted by Crippen LogP contribution is 2.44. The van der Waals surface area contributed by atoms with Crippen LogP contribution in [0.3, 0.4) is 0 Å². The van der Waals surface area contributed by atoms with E-state index >= 15 is 0 Å². The van der Waals surface area contributed by atoms with Crippen molar-refractivity contribution in [1.82, 2.24) is 0 Å². The maximum absolute atomic E-state index is 5.77. The van der Waals surface area contributed by atoms with Gasteiger partial charge in [-0.3, -0.25) is 0 Å². The third-order valence-electron chi connectivity index (χ3n) is 2.96. The van der Waals surface area contributed by atoms with Crippen LogP contribution < -0.4 is 0 Å². The minimum Gasteiger partial charge on any atom is -0.497 e. The summed E-state index contributed by atoms with van der Waals surface area (Å²) in [7, 11) is 0. The molecule has 0 spiro atoms. The summed E-state index contributed by atoms with van der Waals surface area (Å²) in [6.07, 6.45) is 6.48. The first-order valence-electron chi connectivity index (χ1n) is 5.87. The number of hydrogen-bond donors (Lipinski definition) is 0. The van der Waals surface area contributed by atoms with Gasteiger partial charge >= 0.3 is 0 Å². The topological polar surface area (TPSA) is 9.23 Å². The van der Waals surface area contributed by atoms with Crippen LogP contribution in [0, 0.1) is 0 Å². The lowest BCUT2D eigenvalue weighted by molar-refractivity contribution is 0.236. The predicted octanol–water partition coefficient (Wildman–Crippen LogP) is 4.09. The van der Waals surface area contributed by atoms with Crippen molar-refractivity contribution in [1.29, 1.82) is 0 Å². The van der Waals surface area contributed by atoms with Gasteiger partial charge in [-0.15, -0.1) is 11.8 Å². The first-order chi connectivity index (χ1) is 8.40. The minimum atomic E-state index is 0.738. The second kappa shape index (κ2) is 4.46. The van der Waals surface area contributed by atoms with Crippen LogP contribution in [0.15, 0.2) is 47.1 Å². The van der Waals surface area contributed by atoms with Gasteiger partial charge in [0.2, 0.25) is 0 Å². The van der Waals surface area contributed by atoms with E-state index in [1.165, 1.54) is 21.6 Å². The van der Waals surface area contributed by atoms with Gasteiger partial charge in [-0.1, -0.05) is 36.4 Å². The zero-order chi connectivity index (χ0) is 11.7. The van der Waals surface area contributed by atoms with E-state index in [0.717, 1.165) is 18.1 Å². The Morgan fingerprint density at radius 1 is 1.29 bits per heavy atom. The third kappa shape index (κ3) is 1.83. The van der Waals surface area contributed by atoms with Crippen molar-refractivity contribution < 1.29 is 4.74 Å². The van der Waals surface area contributed by atoms with Crippen molar-refractivity contribution in [2.24, 2.45) is 0 Å². The molecule has 0 saturated heterocycles. The van der Waals surface area contributed by atoms with Gasteiger partial charge in [-0.2, -0.15) is 0 Å². The lowest BCUT2D eigenvalue weighted by atomic mass is 9.99. The summed E-state index contributed by atoms with van der Waals surface area (Å²) < 4.78 is 5.77. The molecular formula is C15H14OS. The van der Waals surface area contributed by atoms with Crippen LogP contribution in [0.5, 0.6) is 0 Å². The molecule has 1 heterocycles. The van der Waals surface area contributed by atoms with Gasteiger partial charge in [-0.05, 0) is 24.1 Å². The first-order valence-corrected chi connectivity index (χ1v) is 6.85. The molecule has 1 aliphatic heterocycles. The van der Waals surface area contributed by atoms with E-state index in [2.05, 4.69) is 42.5 Å². The predicted molar refractivity (Wildman–Crippen MR) is 74.6 cm³/mol. The fourth-order valence-corrected chi connectivity index (χ4v) is 3.29. The normalized spacial score (nSPS) is 17.4. The van der Waals surface area contributed by atoms with E-state index in [1.54, 1.807) is 0 Å². The second-order valence-electron chi connectivity index (χ2n) is 4.00. The van der Waals surface area contributed by atoms with Gasteiger partial charge in [-0.25, -0.2) is 0 Å². The van der Waals surface area contributed by atoms with Crippen molar-refractivity contribution in [3.8, 4) is 0 Å². The Labute approximate surface area is 106 Å². The van der Waals surface area contributed by atoms with Gasteiger partial charge in [0.05, 0.1) is 12.4 Å². The molecule has 2 aliphatic rings. The molecule has 0 radical (unpaired) electrons. The van der Waals surface area contributed by atoms with Crippen molar-refractivity contribution >= 4 is 23.4 Å². The standard InChI is InChI=1S/C15H14OS/c1-2-16-13-10-17-14-9-5-7-11-6-3-4-8-12(11)15(13)14/h3-9H,2,10H2,1H3. The molecule has 1 aromatic carbocycles. The molecule has 0 N–H and O–H groups in total. The van der Waals surface area contributed by atoms with Crippen LogP contribution in [0.4, 0.5) is 0 Å². The number of fused-ring (bicyclic) bond motifs is 3. The van der Waals surface area contributed by atoms with Crippen molar-refractivity contribution in [3.05, 3.63) is 58.2 Å². The van der Waals surface area contributed by atoms with Crippen LogP contribution in [0.1, 0.15) is 18.1 Å². The number of allylic oxidation sites excluding steroid dienone is 3. The summed E-state index contributed by atoms with van der Waals surface area (Å²) in [6, 6.07) is 8.51. The van der Waals surface area contributed by atoms with Crippen molar-refractivity contribution in [2.45, 2.75) is 6.92 Å². The average Bonchev–Trinajstić information content (AvgIpc) is 2.65. The van der Waals surface area contributed by atoms with Crippen molar-refractivity contribution in [3.63, 3.8) is 0 Å². The quantitative estimate of drug-likeness (QED) is 0.772. The highest BCUT2D eigenvalue weighted by Gasteiger charge is 2.25. The molecule has 0 aromatic heterocycles. The molecule has 1 aliphatic carbocycles. The smallest absolute Gasteiger partial charge is 0.115 e. The minimum absolute atomic E-state index is 0.738. The van der Waals surface area contributed by atoms with Crippen LogP contribution >= 0.6 is 11.8 Å². The van der Waals surface area contributed by atoms with Crippen molar-refractivity contribution in [2.75, 3.05) is 12.4 Å². The number of benzene rings is 1. The van der Waals surface area contributed by atoms with Crippen LogP contribution in [0.25, 0.3) is 11.6 Å². The highest BCUT2D eigenvalue weighted by molar-refractivity contribution is 8.04.